The molecule has 5 aliphatic rings. The van der Waals surface area contributed by atoms with Gasteiger partial charge in [-0.15, -0.1) is 0 Å². The van der Waals surface area contributed by atoms with E-state index in [-0.39, 0.29) is 23.2 Å². The van der Waals surface area contributed by atoms with Crippen LogP contribution in [0.1, 0.15) is 56.6 Å². The first-order valence-corrected chi connectivity index (χ1v) is 9.04. The second kappa shape index (κ2) is 4.68. The Morgan fingerprint density at radius 3 is 2.52 bits per heavy atom. The lowest BCUT2D eigenvalue weighted by atomic mass is 9.39. The summed E-state index contributed by atoms with van der Waals surface area (Å²) in [6.45, 7) is 0. The summed E-state index contributed by atoms with van der Waals surface area (Å²) >= 11 is 0. The Kier molecular flexibility index (Phi) is 2.82. The predicted molar refractivity (Wildman–Crippen MR) is 89.3 cm³/mol. The van der Waals surface area contributed by atoms with Crippen molar-refractivity contribution in [2.75, 3.05) is 0 Å². The van der Waals surface area contributed by atoms with Crippen LogP contribution in [0.2, 0.25) is 0 Å². The van der Waals surface area contributed by atoms with Gasteiger partial charge in [-0.3, -0.25) is 4.79 Å². The molecule has 1 spiro atoms. The monoisotopic (exact) mass is 342 g/mol. The number of hydrogen-bond donors (Lipinski definition) is 3. The van der Waals surface area contributed by atoms with Crippen molar-refractivity contribution in [1.82, 2.24) is 10.6 Å². The average molecular weight is 342 g/mol. The molecular formula is C19H22N2O4. The van der Waals surface area contributed by atoms with Gasteiger partial charge >= 0.3 is 12.0 Å². The number of amides is 2. The zero-order valence-electron chi connectivity index (χ0n) is 14.0. The topological polar surface area (TPSA) is 87.7 Å². The maximum Gasteiger partial charge on any atom is 0.315 e. The highest BCUT2D eigenvalue weighted by molar-refractivity contribution is 5.83. The van der Waals surface area contributed by atoms with Gasteiger partial charge < -0.3 is 20.5 Å². The number of urea groups is 1. The summed E-state index contributed by atoms with van der Waals surface area (Å²) in [5.41, 5.74) is 0.0149. The van der Waals surface area contributed by atoms with E-state index in [9.17, 15) is 14.7 Å². The van der Waals surface area contributed by atoms with Crippen LogP contribution >= 0.6 is 0 Å². The second-order valence-corrected chi connectivity index (χ2v) is 8.43. The number of nitrogens with one attached hydrogen (secondary N) is 2. The molecule has 6 rings (SSSR count). The number of carboxylic acid groups (broad SMARTS) is 1. The van der Waals surface area contributed by atoms with E-state index in [1.54, 1.807) is 0 Å². The summed E-state index contributed by atoms with van der Waals surface area (Å²) < 4.78 is 6.21. The molecule has 6 nitrogen and oxygen atoms in total. The minimum absolute atomic E-state index is 0.0639. The summed E-state index contributed by atoms with van der Waals surface area (Å²) in [5, 5.41) is 15.3. The highest BCUT2D eigenvalue weighted by Crippen LogP contribution is 2.67. The van der Waals surface area contributed by atoms with Crippen LogP contribution < -0.4 is 15.4 Å². The molecule has 1 heterocycles. The van der Waals surface area contributed by atoms with E-state index < -0.39 is 11.4 Å². The number of fused-ring (bicyclic) bond motifs is 1. The number of para-hydroxylation sites is 1. The molecular weight excluding hydrogens is 320 g/mol. The molecule has 2 amide bonds. The van der Waals surface area contributed by atoms with Gasteiger partial charge in [0.05, 0.1) is 11.5 Å². The van der Waals surface area contributed by atoms with Crippen LogP contribution in [0.25, 0.3) is 0 Å². The van der Waals surface area contributed by atoms with Gasteiger partial charge in [-0.1, -0.05) is 18.2 Å². The lowest BCUT2D eigenvalue weighted by Crippen LogP contribution is -2.77. The van der Waals surface area contributed by atoms with Crippen molar-refractivity contribution in [3.05, 3.63) is 29.8 Å². The molecule has 3 N–H and O–H groups in total. The van der Waals surface area contributed by atoms with Crippen molar-refractivity contribution in [2.24, 2.45) is 5.41 Å². The first-order chi connectivity index (χ1) is 11.9. The quantitative estimate of drug-likeness (QED) is 0.788. The third-order valence-corrected chi connectivity index (χ3v) is 6.63. The standard InChI is InChI=1S/C19H22N2O4/c22-15(23)17-9-18(10-17,11-17)21-16(24)20-13-8-19(6-3-7-19)25-14-5-2-1-4-12(13)14/h1-2,4-5,13H,3,6-11H2,(H,22,23)(H2,20,21,24). The summed E-state index contributed by atoms with van der Waals surface area (Å²) in [6.07, 6.45) is 5.69. The molecule has 1 atom stereocenters. The Morgan fingerprint density at radius 1 is 1.16 bits per heavy atom. The van der Waals surface area contributed by atoms with Crippen LogP contribution in [-0.4, -0.2) is 28.2 Å². The van der Waals surface area contributed by atoms with Crippen LogP contribution in [-0.2, 0) is 4.79 Å². The van der Waals surface area contributed by atoms with Gasteiger partial charge in [0.2, 0.25) is 0 Å². The predicted octanol–water partition coefficient (Wildman–Crippen LogP) is 2.74. The molecule has 1 aromatic carbocycles. The Morgan fingerprint density at radius 2 is 1.88 bits per heavy atom. The number of carbonyl (C=O) groups is 2. The number of aliphatic carboxylic acids is 1. The fourth-order valence-electron chi connectivity index (χ4n) is 5.21. The number of rotatable bonds is 3. The first-order valence-electron chi connectivity index (χ1n) is 9.04. The summed E-state index contributed by atoms with van der Waals surface area (Å²) in [4.78, 5) is 23.7. The van der Waals surface area contributed by atoms with E-state index in [2.05, 4.69) is 10.6 Å². The van der Waals surface area contributed by atoms with Crippen molar-refractivity contribution in [1.29, 1.82) is 0 Å². The molecule has 2 bridgehead atoms. The molecule has 0 aromatic heterocycles. The van der Waals surface area contributed by atoms with Crippen LogP contribution in [0.15, 0.2) is 24.3 Å². The fourth-order valence-corrected chi connectivity index (χ4v) is 5.21. The lowest BCUT2D eigenvalue weighted by molar-refractivity contribution is -0.196. The largest absolute Gasteiger partial charge is 0.487 e. The van der Waals surface area contributed by atoms with Crippen molar-refractivity contribution >= 4 is 12.0 Å². The van der Waals surface area contributed by atoms with Gasteiger partial charge in [0.1, 0.15) is 11.4 Å². The van der Waals surface area contributed by atoms with Crippen LogP contribution in [0, 0.1) is 5.41 Å². The average Bonchev–Trinajstić information content (AvgIpc) is 2.47. The smallest absolute Gasteiger partial charge is 0.315 e. The van der Waals surface area contributed by atoms with Crippen molar-refractivity contribution in [3.63, 3.8) is 0 Å². The Labute approximate surface area is 145 Å². The van der Waals surface area contributed by atoms with E-state index in [1.807, 2.05) is 24.3 Å². The van der Waals surface area contributed by atoms with Crippen LogP contribution in [0.3, 0.4) is 0 Å². The maximum atomic E-state index is 12.5. The second-order valence-electron chi connectivity index (χ2n) is 8.43. The van der Waals surface area contributed by atoms with Crippen molar-refractivity contribution in [2.45, 2.75) is 62.1 Å². The Bertz CT molecular complexity index is 751. The Balaban J connectivity index is 1.28. The molecule has 6 heteroatoms. The Hall–Kier alpha value is -2.24. The minimum atomic E-state index is -0.734. The highest BCUT2D eigenvalue weighted by Gasteiger charge is 2.72. The van der Waals surface area contributed by atoms with Gasteiger partial charge in [-0.25, -0.2) is 4.79 Å². The summed E-state index contributed by atoms with van der Waals surface area (Å²) in [7, 11) is 0. The number of ether oxygens (including phenoxy) is 1. The van der Waals surface area contributed by atoms with Gasteiger partial charge in [-0.05, 0) is 44.6 Å². The molecule has 4 aliphatic carbocycles. The SMILES string of the molecule is O=C(NC1CC2(CCC2)Oc2ccccc21)NC12CC(C(=O)O)(C1)C2. The first kappa shape index (κ1) is 15.0. The zero-order valence-corrected chi connectivity index (χ0v) is 14.0. The molecule has 25 heavy (non-hydrogen) atoms. The number of carboxylic acids is 1. The van der Waals surface area contributed by atoms with E-state index in [0.29, 0.717) is 19.3 Å². The molecule has 1 aliphatic heterocycles. The highest BCUT2D eigenvalue weighted by atomic mass is 16.5. The molecule has 4 fully saturated rings. The zero-order chi connectivity index (χ0) is 17.3. The summed E-state index contributed by atoms with van der Waals surface area (Å²) in [6, 6.07) is 7.64. The number of carbonyl (C=O) groups excluding carboxylic acids is 1. The maximum absolute atomic E-state index is 12.5. The van der Waals surface area contributed by atoms with Gasteiger partial charge in [0.15, 0.2) is 0 Å². The van der Waals surface area contributed by atoms with Gasteiger partial charge in [0.25, 0.3) is 0 Å². The van der Waals surface area contributed by atoms with Gasteiger partial charge in [0, 0.05) is 17.5 Å². The third kappa shape index (κ3) is 2.09. The van der Waals surface area contributed by atoms with Crippen LogP contribution in [0.4, 0.5) is 4.79 Å². The van der Waals surface area contributed by atoms with Crippen molar-refractivity contribution in [3.8, 4) is 5.75 Å². The van der Waals surface area contributed by atoms with Gasteiger partial charge in [-0.2, -0.15) is 0 Å². The normalized spacial score (nSPS) is 35.9. The molecule has 1 aromatic rings. The van der Waals surface area contributed by atoms with Crippen LogP contribution in [0.5, 0.6) is 5.75 Å². The summed E-state index contributed by atoms with van der Waals surface area (Å²) in [5.74, 6) is 0.135. The van der Waals surface area contributed by atoms with Crippen molar-refractivity contribution < 1.29 is 19.4 Å². The minimum Gasteiger partial charge on any atom is -0.487 e. The van der Waals surface area contributed by atoms with E-state index >= 15 is 0 Å². The lowest BCUT2D eigenvalue weighted by Gasteiger charge is -2.67. The molecule has 132 valence electrons. The van der Waals surface area contributed by atoms with E-state index in [0.717, 1.165) is 30.6 Å². The number of hydrogen-bond acceptors (Lipinski definition) is 3. The molecule has 0 radical (unpaired) electrons. The molecule has 4 saturated carbocycles. The number of benzene rings is 1. The van der Waals surface area contributed by atoms with E-state index in [1.165, 1.54) is 6.42 Å². The fraction of sp³-hybridized carbons (Fsp3) is 0.579. The van der Waals surface area contributed by atoms with E-state index in [4.69, 9.17) is 4.74 Å². The molecule has 0 saturated heterocycles. The third-order valence-electron chi connectivity index (χ3n) is 6.63. The molecule has 1 unspecified atom stereocenters.